The highest BCUT2D eigenvalue weighted by atomic mass is 79.9. The van der Waals surface area contributed by atoms with Crippen LogP contribution in [0, 0.1) is 11.6 Å². The van der Waals surface area contributed by atoms with Gasteiger partial charge in [-0.3, -0.25) is 8.80 Å². The Bertz CT molecular complexity index is 2740. The summed E-state index contributed by atoms with van der Waals surface area (Å²) < 4.78 is 192. The largest absolute Gasteiger partial charge is 0.496 e. The molecule has 0 aromatic carbocycles. The van der Waals surface area contributed by atoms with Gasteiger partial charge in [-0.2, -0.15) is 43.9 Å². The molecule has 1 aliphatic rings. The normalized spacial score (nSPS) is 15.3. The predicted molar refractivity (Wildman–Crippen MR) is 249 cm³/mol. The van der Waals surface area contributed by atoms with E-state index in [0.29, 0.717) is 10.1 Å². The van der Waals surface area contributed by atoms with Crippen LogP contribution in [0.25, 0.3) is 22.4 Å². The van der Waals surface area contributed by atoms with Crippen molar-refractivity contribution in [3.05, 3.63) is 88.9 Å². The Morgan fingerprint density at radius 3 is 1.40 bits per heavy atom. The van der Waals surface area contributed by atoms with E-state index < -0.39 is 102 Å². The number of pyridine rings is 4. The van der Waals surface area contributed by atoms with Crippen molar-refractivity contribution in [3.8, 4) is 22.9 Å². The number of rotatable bonds is 12. The van der Waals surface area contributed by atoms with Gasteiger partial charge in [0.25, 0.3) is 11.8 Å². The maximum atomic E-state index is 14.3. The molecule has 14 nitrogen and oxygen atoms in total. The summed E-state index contributed by atoms with van der Waals surface area (Å²) in [6.07, 6.45) is -17.4. The minimum atomic E-state index is -4.69. The van der Waals surface area contributed by atoms with Crippen LogP contribution < -0.4 is 14.9 Å². The lowest BCUT2D eigenvalue weighted by atomic mass is 9.80. The first-order chi connectivity index (χ1) is 32.1. The van der Waals surface area contributed by atoms with Gasteiger partial charge in [0, 0.05) is 45.8 Å². The van der Waals surface area contributed by atoms with E-state index in [2.05, 4.69) is 65.2 Å². The zero-order chi connectivity index (χ0) is 52.5. The van der Waals surface area contributed by atoms with Crippen LogP contribution in [0.3, 0.4) is 0 Å². The lowest BCUT2D eigenvalue weighted by Crippen LogP contribution is -2.41. The Balaban J connectivity index is 0.000000381. The maximum Gasteiger partial charge on any atom is 0.496 e. The second-order valence-corrected chi connectivity index (χ2v) is 17.8. The molecule has 6 aromatic rings. The Morgan fingerprint density at radius 1 is 0.575 bits per heavy atom. The van der Waals surface area contributed by atoms with Gasteiger partial charge in [0.1, 0.15) is 0 Å². The van der Waals surface area contributed by atoms with Gasteiger partial charge in [-0.05, 0) is 122 Å². The smallest absolute Gasteiger partial charge is 0.463 e. The van der Waals surface area contributed by atoms with Gasteiger partial charge in [0.2, 0.25) is 11.6 Å². The van der Waals surface area contributed by atoms with Crippen LogP contribution in [0.1, 0.15) is 103 Å². The zero-order valence-corrected chi connectivity index (χ0v) is 40.2. The number of hydrogen-bond donors (Lipinski definition) is 0. The molecule has 6 aromatic heterocycles. The molecule has 0 bridgehead atoms. The topological polar surface area (TPSA) is 142 Å². The molecule has 0 unspecified atom stereocenters. The third-order valence-electron chi connectivity index (χ3n) is 10.1. The molecule has 406 valence electrons. The first-order valence-corrected chi connectivity index (χ1v) is 21.5. The second kappa shape index (κ2) is 23.9. The van der Waals surface area contributed by atoms with E-state index in [-0.39, 0.29) is 44.5 Å². The molecule has 1 saturated heterocycles. The van der Waals surface area contributed by atoms with Gasteiger partial charge in [-0.15, -0.1) is 20.4 Å². The second-order valence-electron chi connectivity index (χ2n) is 16.9. The van der Waals surface area contributed by atoms with Crippen molar-refractivity contribution in [3.63, 3.8) is 0 Å². The van der Waals surface area contributed by atoms with Crippen molar-refractivity contribution in [2.75, 3.05) is 0 Å². The first kappa shape index (κ1) is 63.8. The van der Waals surface area contributed by atoms with Gasteiger partial charge in [0.05, 0.1) is 23.4 Å². The Labute approximate surface area is 422 Å². The highest BCUT2D eigenvalue weighted by Gasteiger charge is 2.52. The number of ether oxygens (including phenoxy) is 4. The molecular formula is C45H56BBrF12N8O6. The van der Waals surface area contributed by atoms with Gasteiger partial charge >= 0.3 is 31.7 Å². The summed E-state index contributed by atoms with van der Waals surface area (Å²) in [6, 6.07) is 8.00. The van der Waals surface area contributed by atoms with E-state index in [1.165, 1.54) is 62.8 Å². The fraction of sp³-hybridized carbons (Fsp3) is 0.511. The van der Waals surface area contributed by atoms with E-state index in [4.69, 9.17) is 9.31 Å². The van der Waals surface area contributed by atoms with Crippen LogP contribution >= 0.6 is 15.9 Å². The van der Waals surface area contributed by atoms with E-state index >= 15 is 0 Å². The van der Waals surface area contributed by atoms with Gasteiger partial charge < -0.3 is 28.3 Å². The molecule has 0 spiro atoms. The van der Waals surface area contributed by atoms with Gasteiger partial charge in [0.15, 0.2) is 35.1 Å². The monoisotopic (exact) mass is 1120 g/mol. The standard InChI is InChI=1S/C18H16F6N4O2.C14H18BF4NO3.C10H10BrF2N3O.3CH4/c1-9(2)30-18(23,24)16-27-26-14-5-4-11(8-28(14)16)12-6-13(19)15(25-7-12)29-10(3)17(20,21)22;1-8(14(17,18)19)21-11-10(16)6-9(7-20-11)15-22-12(2,3)13(4,5)23-15;1-6(2)17-10(12,13)9-15-14-8-4-3-7(11)5-16(8)9;;;/h4-10H,1-3H3;6-8H,1-5H3;3-6H,1-2H3;3*1H4/t10-;8-;;;;/m00..../s1. The molecule has 2 atom stereocenters. The van der Waals surface area contributed by atoms with Crippen molar-refractivity contribution in [1.82, 2.24) is 39.2 Å². The summed E-state index contributed by atoms with van der Waals surface area (Å²) >= 11 is 3.21. The Kier molecular flexibility index (Phi) is 20.9. The molecule has 0 saturated carbocycles. The van der Waals surface area contributed by atoms with E-state index in [0.717, 1.165) is 36.6 Å². The van der Waals surface area contributed by atoms with Crippen molar-refractivity contribution in [2.45, 2.75) is 152 Å². The number of nitrogens with zero attached hydrogens (tertiary/aromatic N) is 8. The van der Waals surface area contributed by atoms with Gasteiger partial charge in [-0.1, -0.05) is 22.3 Å². The summed E-state index contributed by atoms with van der Waals surface area (Å²) in [5.41, 5.74) is -0.168. The molecular weight excluding hydrogens is 1070 g/mol. The summed E-state index contributed by atoms with van der Waals surface area (Å²) in [7, 11) is -0.851. The number of halogens is 13. The molecule has 7 rings (SSSR count). The van der Waals surface area contributed by atoms with Crippen molar-refractivity contribution in [1.29, 1.82) is 0 Å². The number of alkyl halides is 10. The highest BCUT2D eigenvalue weighted by Crippen LogP contribution is 2.37. The third kappa shape index (κ3) is 15.6. The molecule has 28 heteroatoms. The molecule has 0 amide bonds. The summed E-state index contributed by atoms with van der Waals surface area (Å²) in [5.74, 6) is -4.99. The van der Waals surface area contributed by atoms with Crippen LogP contribution in [-0.4, -0.2) is 94.3 Å². The predicted octanol–water partition coefficient (Wildman–Crippen LogP) is 12.5. The summed E-state index contributed by atoms with van der Waals surface area (Å²) in [6.45, 7) is 14.8. The number of fused-ring (bicyclic) bond motifs is 2. The van der Waals surface area contributed by atoms with Crippen molar-refractivity contribution >= 4 is 39.8 Å². The average Bonchev–Trinajstić information content (AvgIpc) is 3.91. The van der Waals surface area contributed by atoms with E-state index in [1.54, 1.807) is 12.1 Å². The SMILES string of the molecule is C.C.C.CC(C)OC(F)(F)c1nnc2ccc(-c3cnc(O[C@@H](C)C(F)(F)F)c(F)c3)cn12.CC(C)OC(F)(F)c1nnc2ccc(Br)cn12.C[C@H](Oc1ncc(B2OC(C)(C)C(C)(C)O2)cc1F)C(F)(F)F. The minimum absolute atomic E-state index is 0. The molecule has 73 heavy (non-hydrogen) atoms. The number of aromatic nitrogens is 8. The summed E-state index contributed by atoms with van der Waals surface area (Å²) in [5, 5.41) is 14.3. The Hall–Kier alpha value is -5.32. The van der Waals surface area contributed by atoms with Crippen LogP contribution in [0.4, 0.5) is 52.7 Å². The average molecular weight is 1120 g/mol. The quantitative estimate of drug-likeness (QED) is 0.0850. The fourth-order valence-electron chi connectivity index (χ4n) is 5.79. The zero-order valence-electron chi connectivity index (χ0n) is 38.6. The van der Waals surface area contributed by atoms with Crippen molar-refractivity contribution in [2.24, 2.45) is 0 Å². The van der Waals surface area contributed by atoms with Crippen LogP contribution in [-0.2, 0) is 31.0 Å². The molecule has 0 radical (unpaired) electrons. The third-order valence-corrected chi connectivity index (χ3v) is 10.5. The molecule has 1 aliphatic heterocycles. The number of hydrogen-bond acceptors (Lipinski definition) is 12. The van der Waals surface area contributed by atoms with Gasteiger partial charge in [-0.25, -0.2) is 18.7 Å². The lowest BCUT2D eigenvalue weighted by Gasteiger charge is -2.32. The minimum Gasteiger partial charge on any atom is -0.463 e. The maximum absolute atomic E-state index is 14.3. The van der Waals surface area contributed by atoms with Crippen LogP contribution in [0.5, 0.6) is 11.8 Å². The van der Waals surface area contributed by atoms with E-state index in [9.17, 15) is 52.7 Å². The summed E-state index contributed by atoms with van der Waals surface area (Å²) in [4.78, 5) is 7.19. The molecule has 0 aliphatic carbocycles. The Morgan fingerprint density at radius 2 is 0.986 bits per heavy atom. The fourth-order valence-corrected chi connectivity index (χ4v) is 6.13. The van der Waals surface area contributed by atoms with Crippen molar-refractivity contribution < 1.29 is 80.9 Å². The highest BCUT2D eigenvalue weighted by molar-refractivity contribution is 9.10. The van der Waals surface area contributed by atoms with E-state index in [1.807, 2.05) is 27.7 Å². The molecule has 0 N–H and O–H groups in total. The molecule has 1 fully saturated rings. The first-order valence-electron chi connectivity index (χ1n) is 20.7. The van der Waals surface area contributed by atoms with Crippen LogP contribution in [0.2, 0.25) is 0 Å². The van der Waals surface area contributed by atoms with Crippen LogP contribution in [0.15, 0.2) is 65.7 Å². The molecule has 7 heterocycles. The lowest BCUT2D eigenvalue weighted by molar-refractivity contribution is -0.272.